The van der Waals surface area contributed by atoms with E-state index >= 15 is 0 Å². The van der Waals surface area contributed by atoms with Crippen molar-refractivity contribution in [3.63, 3.8) is 0 Å². The number of rotatable bonds is 4. The van der Waals surface area contributed by atoms with E-state index in [2.05, 4.69) is 16.4 Å². The van der Waals surface area contributed by atoms with Gasteiger partial charge in [0, 0.05) is 45.4 Å². The zero-order valence-electron chi connectivity index (χ0n) is 16.4. The molecule has 0 aliphatic carbocycles. The summed E-state index contributed by atoms with van der Waals surface area (Å²) in [6.07, 6.45) is 4.37. The van der Waals surface area contributed by atoms with Crippen molar-refractivity contribution in [3.8, 4) is 11.1 Å². The van der Waals surface area contributed by atoms with Crippen LogP contribution in [-0.2, 0) is 11.2 Å². The number of nitrogens with zero attached hydrogens (tertiary/aromatic N) is 3. The number of aromatic nitrogens is 1. The molecular weight excluding hydrogens is 352 g/mol. The summed E-state index contributed by atoms with van der Waals surface area (Å²) in [5.41, 5.74) is 3.81. The van der Waals surface area contributed by atoms with E-state index in [9.17, 15) is 9.59 Å². The van der Waals surface area contributed by atoms with E-state index in [1.807, 2.05) is 44.4 Å². The van der Waals surface area contributed by atoms with Gasteiger partial charge in [-0.1, -0.05) is 25.5 Å². The number of hydrogen-bond acceptors (Lipinski definition) is 4. The highest BCUT2D eigenvalue weighted by Crippen LogP contribution is 2.27. The molecule has 2 aliphatic heterocycles. The molecule has 1 unspecified atom stereocenters. The molecule has 28 heavy (non-hydrogen) atoms. The summed E-state index contributed by atoms with van der Waals surface area (Å²) in [7, 11) is 1.81. The van der Waals surface area contributed by atoms with Crippen molar-refractivity contribution < 1.29 is 11.0 Å². The number of pyridine rings is 1. The van der Waals surface area contributed by atoms with Gasteiger partial charge in [0.25, 0.3) is 5.91 Å². The summed E-state index contributed by atoms with van der Waals surface area (Å²) in [4.78, 5) is 33.8. The van der Waals surface area contributed by atoms with Gasteiger partial charge in [0.05, 0.1) is 0 Å². The molecule has 1 fully saturated rings. The minimum atomic E-state index is -0.368. The van der Waals surface area contributed by atoms with Gasteiger partial charge in [-0.2, -0.15) is 0 Å². The van der Waals surface area contributed by atoms with Gasteiger partial charge in [0.1, 0.15) is 11.9 Å². The van der Waals surface area contributed by atoms with E-state index in [0.717, 1.165) is 36.3 Å². The lowest BCUT2D eigenvalue weighted by atomic mass is 10.0. The summed E-state index contributed by atoms with van der Waals surface area (Å²) in [5, 5.41) is 3.27. The third-order valence-electron chi connectivity index (χ3n) is 5.63. The van der Waals surface area contributed by atoms with Crippen LogP contribution in [0.2, 0.25) is 0 Å². The minimum Gasteiger partial charge on any atom is -0.370 e. The molecule has 0 bridgehead atoms. The van der Waals surface area contributed by atoms with Gasteiger partial charge < -0.3 is 15.1 Å². The lowest BCUT2D eigenvalue weighted by molar-refractivity contribution is -0.138. The van der Waals surface area contributed by atoms with Crippen LogP contribution >= 0.6 is 0 Å². The molecule has 0 spiro atoms. The smallest absolute Gasteiger partial charge is 0.254 e. The first-order valence-corrected chi connectivity index (χ1v) is 9.97. The molecule has 6 nitrogen and oxygen atoms in total. The van der Waals surface area contributed by atoms with E-state index in [1.54, 1.807) is 9.80 Å². The van der Waals surface area contributed by atoms with E-state index in [1.165, 1.54) is 5.56 Å². The Bertz CT molecular complexity index is 917. The number of fused-ring (bicyclic) bond motifs is 1. The molecule has 1 aromatic carbocycles. The Balaban J connectivity index is 0.00000240. The number of anilines is 1. The van der Waals surface area contributed by atoms with E-state index < -0.39 is 0 Å². The summed E-state index contributed by atoms with van der Waals surface area (Å²) in [5.74, 6) is 0.916. The van der Waals surface area contributed by atoms with Gasteiger partial charge in [-0.05, 0) is 42.2 Å². The van der Waals surface area contributed by atoms with Crippen LogP contribution in [0.15, 0.2) is 36.5 Å². The molecule has 1 N–H and O–H groups in total. The van der Waals surface area contributed by atoms with Gasteiger partial charge >= 0.3 is 0 Å². The quantitative estimate of drug-likeness (QED) is 0.885. The summed E-state index contributed by atoms with van der Waals surface area (Å²) in [6, 6.07) is 9.43. The molecule has 6 heteroatoms. The maximum absolute atomic E-state index is 13.2. The molecule has 0 radical (unpaired) electrons. The average Bonchev–Trinajstić information content (AvgIpc) is 3.19. The number of likely N-dealkylation sites (N-methyl/N-ethyl adjacent to an activating group) is 1. The molecule has 3 heterocycles. The molecule has 1 atom stereocenters. The van der Waals surface area contributed by atoms with E-state index in [0.29, 0.717) is 25.1 Å². The second-order valence-corrected chi connectivity index (χ2v) is 7.55. The molecule has 0 saturated carbocycles. The van der Waals surface area contributed by atoms with Crippen molar-refractivity contribution in [3.05, 3.63) is 47.7 Å². The Labute approximate surface area is 167 Å². The predicted molar refractivity (Wildman–Crippen MR) is 111 cm³/mol. The van der Waals surface area contributed by atoms with E-state index in [-0.39, 0.29) is 19.3 Å². The zero-order chi connectivity index (χ0) is 19.7. The second kappa shape index (κ2) is 7.62. The predicted octanol–water partition coefficient (Wildman–Crippen LogP) is 3.05. The van der Waals surface area contributed by atoms with Crippen molar-refractivity contribution in [2.75, 3.05) is 32.0 Å². The monoisotopic (exact) mass is 380 g/mol. The molecule has 1 saturated heterocycles. The highest BCUT2D eigenvalue weighted by molar-refractivity contribution is 5.99. The molecular formula is C22H28N4O2. The molecule has 4 rings (SSSR count). The van der Waals surface area contributed by atoms with Gasteiger partial charge in [-0.25, -0.2) is 4.98 Å². The highest BCUT2D eigenvalue weighted by atomic mass is 16.2. The van der Waals surface area contributed by atoms with Crippen molar-refractivity contribution >= 4 is 17.6 Å². The first-order chi connectivity index (χ1) is 13.6. The SMILES string of the molecule is CCCC1C(=O)N(C)CCN1C(=O)c1cccc(-c2cnc3c(c2)CCN3)c1.[HH]. The number of piperazine rings is 1. The number of benzene rings is 1. The number of amides is 2. The maximum atomic E-state index is 13.2. The Hall–Kier alpha value is -2.89. The second-order valence-electron chi connectivity index (χ2n) is 7.55. The van der Waals surface area contributed by atoms with E-state index in [4.69, 9.17) is 0 Å². The molecule has 2 aliphatic rings. The van der Waals surface area contributed by atoms with Gasteiger partial charge in [0.2, 0.25) is 5.91 Å². The molecule has 2 amide bonds. The largest absolute Gasteiger partial charge is 0.370 e. The highest BCUT2D eigenvalue weighted by Gasteiger charge is 2.35. The maximum Gasteiger partial charge on any atom is 0.254 e. The summed E-state index contributed by atoms with van der Waals surface area (Å²) >= 11 is 0. The van der Waals surface area contributed by atoms with Gasteiger partial charge in [-0.15, -0.1) is 0 Å². The first kappa shape index (κ1) is 18.5. The van der Waals surface area contributed by atoms with Crippen LogP contribution in [0, 0.1) is 0 Å². The van der Waals surface area contributed by atoms with Crippen molar-refractivity contribution in [1.29, 1.82) is 0 Å². The van der Waals surface area contributed by atoms with Crippen LogP contribution in [0.3, 0.4) is 0 Å². The summed E-state index contributed by atoms with van der Waals surface area (Å²) < 4.78 is 0. The average molecular weight is 380 g/mol. The standard InChI is InChI=1S/C22H26N4O2.H2/c1-3-5-19-22(28)25(2)10-11-26(19)21(27)17-7-4-6-15(12-17)18-13-16-8-9-23-20(16)24-14-18;/h4,6-7,12-14,19H,3,5,8-11H2,1-2H3,(H,23,24);1H. The summed E-state index contributed by atoms with van der Waals surface area (Å²) in [6.45, 7) is 4.11. The fourth-order valence-corrected chi connectivity index (χ4v) is 4.04. The lowest BCUT2D eigenvalue weighted by Crippen LogP contribution is -2.57. The van der Waals surface area contributed by atoms with Crippen molar-refractivity contribution in [2.45, 2.75) is 32.2 Å². The number of carbonyl (C=O) groups excluding carboxylic acids is 2. The Morgan fingerprint density at radius 1 is 1.29 bits per heavy atom. The van der Waals surface area contributed by atoms with Crippen molar-refractivity contribution in [2.24, 2.45) is 0 Å². The van der Waals surface area contributed by atoms with Crippen LogP contribution in [0.4, 0.5) is 5.82 Å². The normalized spacial score (nSPS) is 18.8. The lowest BCUT2D eigenvalue weighted by Gasteiger charge is -2.39. The van der Waals surface area contributed by atoms with Crippen LogP contribution < -0.4 is 5.32 Å². The first-order valence-electron chi connectivity index (χ1n) is 9.97. The van der Waals surface area contributed by atoms with Crippen LogP contribution in [-0.4, -0.2) is 59.3 Å². The third-order valence-corrected chi connectivity index (χ3v) is 5.63. The number of hydrogen-bond donors (Lipinski definition) is 1. The Kier molecular flexibility index (Phi) is 5.03. The van der Waals surface area contributed by atoms with Crippen LogP contribution in [0.25, 0.3) is 11.1 Å². The number of carbonyl (C=O) groups is 2. The fourth-order valence-electron chi connectivity index (χ4n) is 4.04. The minimum absolute atomic E-state index is 0. The van der Waals surface area contributed by atoms with Gasteiger partial charge in [-0.3, -0.25) is 9.59 Å². The topological polar surface area (TPSA) is 65.5 Å². The molecule has 148 valence electrons. The van der Waals surface area contributed by atoms with Crippen LogP contribution in [0.5, 0.6) is 0 Å². The number of nitrogens with one attached hydrogen (secondary N) is 1. The molecule has 2 aromatic rings. The Morgan fingerprint density at radius 3 is 2.96 bits per heavy atom. The fraction of sp³-hybridized carbons (Fsp3) is 0.409. The van der Waals surface area contributed by atoms with Crippen LogP contribution in [0.1, 0.15) is 37.1 Å². The Morgan fingerprint density at radius 2 is 2.14 bits per heavy atom. The van der Waals surface area contributed by atoms with Crippen molar-refractivity contribution in [1.82, 2.24) is 14.8 Å². The third kappa shape index (κ3) is 3.35. The zero-order valence-corrected chi connectivity index (χ0v) is 16.4. The molecule has 1 aromatic heterocycles. The van der Waals surface area contributed by atoms with Gasteiger partial charge in [0.15, 0.2) is 0 Å².